The fourth-order valence-electron chi connectivity index (χ4n) is 2.56. The quantitative estimate of drug-likeness (QED) is 0.482. The molecule has 27 heavy (non-hydrogen) atoms. The summed E-state index contributed by atoms with van der Waals surface area (Å²) in [5.74, 6) is 1.39. The Morgan fingerprint density at radius 1 is 1.07 bits per heavy atom. The summed E-state index contributed by atoms with van der Waals surface area (Å²) in [6.45, 7) is 3.96. The number of pyridine rings is 1. The molecule has 0 amide bonds. The highest BCUT2D eigenvalue weighted by Gasteiger charge is 2.07. The van der Waals surface area contributed by atoms with Gasteiger partial charge in [-0.1, -0.05) is 36.4 Å². The van der Waals surface area contributed by atoms with Crippen LogP contribution in [0.4, 0.5) is 0 Å². The van der Waals surface area contributed by atoms with Crippen LogP contribution in [0.3, 0.4) is 0 Å². The number of hydrogen-bond acceptors (Lipinski definition) is 4. The summed E-state index contributed by atoms with van der Waals surface area (Å²) in [5, 5.41) is 8.78. The Morgan fingerprint density at radius 2 is 1.89 bits per heavy atom. The van der Waals surface area contributed by atoms with Gasteiger partial charge in [0.1, 0.15) is 6.61 Å². The molecule has 0 fully saturated rings. The van der Waals surface area contributed by atoms with Crippen molar-refractivity contribution in [3.8, 4) is 5.88 Å². The molecule has 1 aromatic carbocycles. The van der Waals surface area contributed by atoms with Crippen molar-refractivity contribution < 1.29 is 4.74 Å². The van der Waals surface area contributed by atoms with Crippen LogP contribution in [0, 0.1) is 6.92 Å². The standard InChI is InChI=1S/C21H24N4OS/c1-16-10-12-27-19(16)14-25-21(22-2)24-13-18-9-6-11-23-20(18)26-15-17-7-4-3-5-8-17/h3-12H,13-15H2,1-2H3,(H2,22,24,25). The van der Waals surface area contributed by atoms with Crippen LogP contribution in [0.15, 0.2) is 65.1 Å². The van der Waals surface area contributed by atoms with Crippen molar-refractivity contribution in [1.29, 1.82) is 0 Å². The molecular weight excluding hydrogens is 356 g/mol. The molecule has 0 saturated heterocycles. The zero-order valence-corrected chi connectivity index (χ0v) is 16.4. The average Bonchev–Trinajstić information content (AvgIpc) is 3.13. The van der Waals surface area contributed by atoms with E-state index >= 15 is 0 Å². The van der Waals surface area contributed by atoms with Crippen LogP contribution in [-0.2, 0) is 19.7 Å². The first-order chi connectivity index (χ1) is 13.3. The van der Waals surface area contributed by atoms with Crippen molar-refractivity contribution in [1.82, 2.24) is 15.6 Å². The first-order valence-electron chi connectivity index (χ1n) is 8.84. The molecule has 140 valence electrons. The molecule has 0 bridgehead atoms. The molecule has 0 radical (unpaired) electrons. The molecule has 3 aromatic rings. The van der Waals surface area contributed by atoms with Crippen molar-refractivity contribution >= 4 is 17.3 Å². The number of aromatic nitrogens is 1. The van der Waals surface area contributed by atoms with Crippen LogP contribution in [0.5, 0.6) is 5.88 Å². The van der Waals surface area contributed by atoms with Crippen molar-refractivity contribution in [2.45, 2.75) is 26.6 Å². The Hall–Kier alpha value is -2.86. The summed E-state index contributed by atoms with van der Waals surface area (Å²) in [6.07, 6.45) is 1.75. The third-order valence-corrected chi connectivity index (χ3v) is 5.15. The van der Waals surface area contributed by atoms with Gasteiger partial charge >= 0.3 is 0 Å². The first-order valence-corrected chi connectivity index (χ1v) is 9.72. The number of hydrogen-bond donors (Lipinski definition) is 2. The van der Waals surface area contributed by atoms with E-state index in [1.165, 1.54) is 10.4 Å². The van der Waals surface area contributed by atoms with E-state index in [0.717, 1.165) is 23.6 Å². The van der Waals surface area contributed by atoms with Crippen molar-refractivity contribution in [2.24, 2.45) is 4.99 Å². The lowest BCUT2D eigenvalue weighted by molar-refractivity contribution is 0.290. The number of guanidine groups is 1. The maximum atomic E-state index is 5.91. The molecule has 0 atom stereocenters. The van der Waals surface area contributed by atoms with E-state index in [1.54, 1.807) is 24.6 Å². The number of aryl methyl sites for hydroxylation is 1. The van der Waals surface area contributed by atoms with Gasteiger partial charge in [-0.25, -0.2) is 4.98 Å². The maximum absolute atomic E-state index is 5.91. The van der Waals surface area contributed by atoms with Crippen LogP contribution in [-0.4, -0.2) is 18.0 Å². The highest BCUT2D eigenvalue weighted by atomic mass is 32.1. The number of aliphatic imine (C=N–C) groups is 1. The molecule has 0 spiro atoms. The first kappa shape index (κ1) is 18.9. The lowest BCUT2D eigenvalue weighted by Crippen LogP contribution is -2.36. The molecule has 2 N–H and O–H groups in total. The van der Waals surface area contributed by atoms with Crippen LogP contribution in [0.2, 0.25) is 0 Å². The molecule has 0 unspecified atom stereocenters. The van der Waals surface area contributed by atoms with Crippen LogP contribution < -0.4 is 15.4 Å². The third kappa shape index (κ3) is 5.56. The summed E-state index contributed by atoms with van der Waals surface area (Å²) in [6, 6.07) is 16.1. The van der Waals surface area contributed by atoms with Gasteiger partial charge in [0.05, 0.1) is 6.54 Å². The largest absolute Gasteiger partial charge is 0.473 e. The minimum atomic E-state index is 0.496. The molecule has 2 aromatic heterocycles. The maximum Gasteiger partial charge on any atom is 0.218 e. The van der Waals surface area contributed by atoms with Gasteiger partial charge in [0.25, 0.3) is 0 Å². The summed E-state index contributed by atoms with van der Waals surface area (Å²) in [4.78, 5) is 9.98. The number of benzene rings is 1. The van der Waals surface area contributed by atoms with E-state index in [1.807, 2.05) is 42.5 Å². The van der Waals surface area contributed by atoms with Crippen LogP contribution >= 0.6 is 11.3 Å². The lowest BCUT2D eigenvalue weighted by atomic mass is 10.2. The minimum Gasteiger partial charge on any atom is -0.473 e. The fraction of sp³-hybridized carbons (Fsp3) is 0.238. The number of nitrogens with zero attached hydrogens (tertiary/aromatic N) is 2. The molecular formula is C21H24N4OS. The Balaban J connectivity index is 1.56. The van der Waals surface area contributed by atoms with E-state index in [4.69, 9.17) is 4.74 Å². The third-order valence-electron chi connectivity index (χ3n) is 4.12. The second-order valence-electron chi connectivity index (χ2n) is 6.05. The van der Waals surface area contributed by atoms with E-state index in [2.05, 4.69) is 39.0 Å². The van der Waals surface area contributed by atoms with Gasteiger partial charge in [-0.15, -0.1) is 11.3 Å². The normalized spacial score (nSPS) is 11.3. The summed E-state index contributed by atoms with van der Waals surface area (Å²) in [7, 11) is 1.77. The van der Waals surface area contributed by atoms with Crippen LogP contribution in [0.1, 0.15) is 21.6 Å². The second-order valence-corrected chi connectivity index (χ2v) is 7.05. The van der Waals surface area contributed by atoms with Crippen LogP contribution in [0.25, 0.3) is 0 Å². The van der Waals surface area contributed by atoms with Crippen molar-refractivity contribution in [3.63, 3.8) is 0 Å². The number of thiophene rings is 1. The Morgan fingerprint density at radius 3 is 2.63 bits per heavy atom. The molecule has 3 rings (SSSR count). The van der Waals surface area contributed by atoms with Crippen molar-refractivity contribution in [2.75, 3.05) is 7.05 Å². The Labute approximate surface area is 164 Å². The number of nitrogens with one attached hydrogen (secondary N) is 2. The molecule has 0 saturated carbocycles. The number of rotatable bonds is 7. The van der Waals surface area contributed by atoms with E-state index < -0.39 is 0 Å². The average molecular weight is 381 g/mol. The second kappa shape index (κ2) is 9.73. The van der Waals surface area contributed by atoms with Gasteiger partial charge in [-0.3, -0.25) is 4.99 Å². The van der Waals surface area contributed by atoms with Gasteiger partial charge < -0.3 is 15.4 Å². The fourth-order valence-corrected chi connectivity index (χ4v) is 3.41. The minimum absolute atomic E-state index is 0.496. The van der Waals surface area contributed by atoms with E-state index in [9.17, 15) is 0 Å². The zero-order valence-electron chi connectivity index (χ0n) is 15.6. The predicted molar refractivity (Wildman–Crippen MR) is 111 cm³/mol. The molecule has 0 aliphatic rings. The zero-order chi connectivity index (χ0) is 18.9. The Bertz CT molecular complexity index is 877. The van der Waals surface area contributed by atoms with Crippen molar-refractivity contribution in [3.05, 3.63) is 81.7 Å². The lowest BCUT2D eigenvalue weighted by Gasteiger charge is -2.14. The highest BCUT2D eigenvalue weighted by Crippen LogP contribution is 2.16. The highest BCUT2D eigenvalue weighted by molar-refractivity contribution is 7.10. The summed E-state index contributed by atoms with van der Waals surface area (Å²) >= 11 is 1.75. The van der Waals surface area contributed by atoms with E-state index in [-0.39, 0.29) is 0 Å². The molecule has 0 aliphatic heterocycles. The van der Waals surface area contributed by atoms with E-state index in [0.29, 0.717) is 19.0 Å². The SMILES string of the molecule is CN=C(NCc1cccnc1OCc1ccccc1)NCc1sccc1C. The summed E-state index contributed by atoms with van der Waals surface area (Å²) in [5.41, 5.74) is 3.40. The molecule has 6 heteroatoms. The molecule has 2 heterocycles. The van der Waals surface area contributed by atoms with Gasteiger partial charge in [0.15, 0.2) is 5.96 Å². The molecule has 5 nitrogen and oxygen atoms in total. The Kier molecular flexibility index (Phi) is 6.82. The predicted octanol–water partition coefficient (Wildman–Crippen LogP) is 3.90. The molecule has 0 aliphatic carbocycles. The van der Waals surface area contributed by atoms with Gasteiger partial charge in [-0.2, -0.15) is 0 Å². The smallest absolute Gasteiger partial charge is 0.218 e. The monoisotopic (exact) mass is 380 g/mol. The van der Waals surface area contributed by atoms with Gasteiger partial charge in [-0.05, 0) is 35.6 Å². The summed E-state index contributed by atoms with van der Waals surface area (Å²) < 4.78 is 5.91. The van der Waals surface area contributed by atoms with Gasteiger partial charge in [0.2, 0.25) is 5.88 Å². The topological polar surface area (TPSA) is 58.5 Å². The number of ether oxygens (including phenoxy) is 1. The van der Waals surface area contributed by atoms with Gasteiger partial charge in [0, 0.05) is 30.2 Å².